The maximum Gasteiger partial charge on any atom is 0.303 e. The van der Waals surface area contributed by atoms with Crippen molar-refractivity contribution in [1.82, 2.24) is 0 Å². The maximum atomic E-state index is 11.1. The highest BCUT2D eigenvalue weighted by Crippen LogP contribution is 2.38. The van der Waals surface area contributed by atoms with Crippen LogP contribution in [0.4, 0.5) is 5.69 Å². The summed E-state index contributed by atoms with van der Waals surface area (Å²) in [5.74, 6) is -0.208. The molecule has 4 rings (SSSR count). The van der Waals surface area contributed by atoms with Crippen molar-refractivity contribution in [3.63, 3.8) is 0 Å². The standard InChI is InChI=1S/C27H25NO3/c1-18-6-8-19(9-7-18)17-31-27-24(14-20(15-25(27)28)10-13-26(29)30)23-12-11-21-4-2-3-5-22(21)16-23/h2-9,11-12,14-16H,10,13,17,28H2,1H3,(H,29,30). The normalized spacial score (nSPS) is 10.9. The third-order valence-corrected chi connectivity index (χ3v) is 5.37. The van der Waals surface area contributed by atoms with Gasteiger partial charge in [-0.1, -0.05) is 66.2 Å². The number of rotatable bonds is 7. The summed E-state index contributed by atoms with van der Waals surface area (Å²) in [7, 11) is 0. The molecule has 3 N–H and O–H groups in total. The quantitative estimate of drug-likeness (QED) is 0.366. The average Bonchev–Trinajstić information content (AvgIpc) is 2.77. The first-order valence-electron chi connectivity index (χ1n) is 10.3. The molecule has 0 unspecified atom stereocenters. The van der Waals surface area contributed by atoms with Gasteiger partial charge in [-0.15, -0.1) is 0 Å². The summed E-state index contributed by atoms with van der Waals surface area (Å²) < 4.78 is 6.20. The van der Waals surface area contributed by atoms with Gasteiger partial charge in [-0.25, -0.2) is 0 Å². The van der Waals surface area contributed by atoms with E-state index in [9.17, 15) is 4.79 Å². The van der Waals surface area contributed by atoms with Gasteiger partial charge in [0.15, 0.2) is 5.75 Å². The lowest BCUT2D eigenvalue weighted by Crippen LogP contribution is -2.03. The summed E-state index contributed by atoms with van der Waals surface area (Å²) in [6, 6.07) is 26.4. The molecule has 4 aromatic rings. The molecule has 0 aliphatic carbocycles. The van der Waals surface area contributed by atoms with E-state index in [1.807, 2.05) is 36.4 Å². The molecule has 0 aliphatic heterocycles. The van der Waals surface area contributed by atoms with Gasteiger partial charge in [0.05, 0.1) is 5.69 Å². The number of aryl methyl sites for hydroxylation is 2. The molecule has 0 fully saturated rings. The Labute approximate surface area is 181 Å². The first kappa shape index (κ1) is 20.5. The Bertz CT molecular complexity index is 1230. The maximum absolute atomic E-state index is 11.1. The van der Waals surface area contributed by atoms with Gasteiger partial charge in [0.2, 0.25) is 0 Å². The number of ether oxygens (including phenoxy) is 1. The highest BCUT2D eigenvalue weighted by atomic mass is 16.5. The van der Waals surface area contributed by atoms with Gasteiger partial charge in [0.25, 0.3) is 0 Å². The number of carboxylic acid groups (broad SMARTS) is 1. The molecule has 0 atom stereocenters. The Hall–Kier alpha value is -3.79. The Morgan fingerprint density at radius 3 is 2.39 bits per heavy atom. The minimum Gasteiger partial charge on any atom is -0.486 e. The summed E-state index contributed by atoms with van der Waals surface area (Å²) in [5, 5.41) is 11.4. The van der Waals surface area contributed by atoms with E-state index in [1.54, 1.807) is 0 Å². The van der Waals surface area contributed by atoms with Gasteiger partial charge in [-0.3, -0.25) is 4.79 Å². The van der Waals surface area contributed by atoms with E-state index in [0.717, 1.165) is 33.0 Å². The summed E-state index contributed by atoms with van der Waals surface area (Å²) in [6.45, 7) is 2.45. The zero-order valence-corrected chi connectivity index (χ0v) is 17.5. The van der Waals surface area contributed by atoms with Crippen LogP contribution in [0.5, 0.6) is 5.75 Å². The molecule has 0 aromatic heterocycles. The second-order valence-corrected chi connectivity index (χ2v) is 7.79. The number of hydrogen-bond donors (Lipinski definition) is 2. The summed E-state index contributed by atoms with van der Waals surface area (Å²) in [5.41, 5.74) is 11.9. The van der Waals surface area contributed by atoms with Crippen LogP contribution in [0.2, 0.25) is 0 Å². The van der Waals surface area contributed by atoms with Crippen LogP contribution in [0, 0.1) is 6.92 Å². The number of hydrogen-bond acceptors (Lipinski definition) is 3. The van der Waals surface area contributed by atoms with Crippen molar-refractivity contribution in [3.8, 4) is 16.9 Å². The van der Waals surface area contributed by atoms with Crippen molar-refractivity contribution < 1.29 is 14.6 Å². The first-order chi connectivity index (χ1) is 15.0. The minimum absolute atomic E-state index is 0.0557. The van der Waals surface area contributed by atoms with Crippen molar-refractivity contribution in [1.29, 1.82) is 0 Å². The molecule has 0 saturated heterocycles. The number of carboxylic acids is 1. The number of benzene rings is 4. The van der Waals surface area contributed by atoms with E-state index < -0.39 is 5.97 Å². The number of fused-ring (bicyclic) bond motifs is 1. The predicted molar refractivity (Wildman–Crippen MR) is 125 cm³/mol. The number of anilines is 1. The van der Waals surface area contributed by atoms with E-state index in [1.165, 1.54) is 5.56 Å². The fraction of sp³-hybridized carbons (Fsp3) is 0.148. The summed E-state index contributed by atoms with van der Waals surface area (Å²) in [6.07, 6.45) is 0.471. The lowest BCUT2D eigenvalue weighted by atomic mass is 9.96. The molecule has 4 aromatic carbocycles. The van der Waals surface area contributed by atoms with Crippen LogP contribution >= 0.6 is 0 Å². The zero-order valence-electron chi connectivity index (χ0n) is 17.5. The monoisotopic (exact) mass is 411 g/mol. The molecule has 0 spiro atoms. The molecule has 156 valence electrons. The lowest BCUT2D eigenvalue weighted by molar-refractivity contribution is -0.136. The largest absolute Gasteiger partial charge is 0.486 e. The van der Waals surface area contributed by atoms with Crippen molar-refractivity contribution in [2.24, 2.45) is 0 Å². The van der Waals surface area contributed by atoms with Gasteiger partial charge in [0, 0.05) is 12.0 Å². The minimum atomic E-state index is -0.828. The molecular weight excluding hydrogens is 386 g/mol. The van der Waals surface area contributed by atoms with Crippen LogP contribution in [0.15, 0.2) is 78.9 Å². The van der Waals surface area contributed by atoms with Crippen molar-refractivity contribution in [2.75, 3.05) is 5.73 Å². The van der Waals surface area contributed by atoms with Crippen LogP contribution in [-0.2, 0) is 17.8 Å². The van der Waals surface area contributed by atoms with E-state index in [4.69, 9.17) is 15.6 Å². The molecule has 0 bridgehead atoms. The number of aliphatic carboxylic acids is 1. The molecule has 0 saturated carbocycles. The number of carbonyl (C=O) groups is 1. The third-order valence-electron chi connectivity index (χ3n) is 5.37. The first-order valence-corrected chi connectivity index (χ1v) is 10.3. The topological polar surface area (TPSA) is 72.5 Å². The summed E-state index contributed by atoms with van der Waals surface area (Å²) in [4.78, 5) is 11.1. The molecule has 0 heterocycles. The van der Waals surface area contributed by atoms with Crippen LogP contribution in [0.3, 0.4) is 0 Å². The van der Waals surface area contributed by atoms with Crippen molar-refractivity contribution in [2.45, 2.75) is 26.4 Å². The predicted octanol–water partition coefficient (Wildman–Crippen LogP) is 5.99. The lowest BCUT2D eigenvalue weighted by Gasteiger charge is -2.17. The average molecular weight is 412 g/mol. The molecule has 0 radical (unpaired) electrons. The molecule has 0 amide bonds. The third kappa shape index (κ3) is 4.86. The molecule has 4 nitrogen and oxygen atoms in total. The van der Waals surface area contributed by atoms with Gasteiger partial charge >= 0.3 is 5.97 Å². The Balaban J connectivity index is 1.74. The smallest absolute Gasteiger partial charge is 0.303 e. The SMILES string of the molecule is Cc1ccc(COc2c(N)cc(CCC(=O)O)cc2-c2ccc3ccccc3c2)cc1. The Morgan fingerprint density at radius 1 is 0.903 bits per heavy atom. The van der Waals surface area contributed by atoms with Gasteiger partial charge in [0.1, 0.15) is 6.61 Å². The van der Waals surface area contributed by atoms with Crippen molar-refractivity contribution in [3.05, 3.63) is 95.6 Å². The fourth-order valence-electron chi connectivity index (χ4n) is 3.68. The molecule has 0 aliphatic rings. The molecule has 4 heteroatoms. The van der Waals surface area contributed by atoms with Crippen LogP contribution < -0.4 is 10.5 Å². The second kappa shape index (κ2) is 8.92. The number of nitrogens with two attached hydrogens (primary N) is 1. The van der Waals surface area contributed by atoms with Gasteiger partial charge in [-0.2, -0.15) is 0 Å². The highest BCUT2D eigenvalue weighted by molar-refractivity contribution is 5.89. The fourth-order valence-corrected chi connectivity index (χ4v) is 3.68. The van der Waals surface area contributed by atoms with E-state index in [2.05, 4.69) is 49.4 Å². The van der Waals surface area contributed by atoms with Crippen LogP contribution in [0.25, 0.3) is 21.9 Å². The van der Waals surface area contributed by atoms with Crippen LogP contribution in [-0.4, -0.2) is 11.1 Å². The number of nitrogen functional groups attached to an aromatic ring is 1. The van der Waals surface area contributed by atoms with Gasteiger partial charge < -0.3 is 15.6 Å². The highest BCUT2D eigenvalue weighted by Gasteiger charge is 2.14. The Morgan fingerprint density at radius 2 is 1.65 bits per heavy atom. The van der Waals surface area contributed by atoms with Crippen LogP contribution in [0.1, 0.15) is 23.1 Å². The van der Waals surface area contributed by atoms with Crippen molar-refractivity contribution >= 4 is 22.4 Å². The van der Waals surface area contributed by atoms with E-state index >= 15 is 0 Å². The van der Waals surface area contributed by atoms with Gasteiger partial charge in [-0.05, 0) is 59.0 Å². The molecular formula is C27H25NO3. The zero-order chi connectivity index (χ0) is 21.8. The van der Waals surface area contributed by atoms with E-state index in [-0.39, 0.29) is 6.42 Å². The second-order valence-electron chi connectivity index (χ2n) is 7.79. The van der Waals surface area contributed by atoms with E-state index in [0.29, 0.717) is 24.5 Å². The summed E-state index contributed by atoms with van der Waals surface area (Å²) >= 11 is 0. The Kier molecular flexibility index (Phi) is 5.89. The molecule has 31 heavy (non-hydrogen) atoms.